The van der Waals surface area contributed by atoms with Crippen molar-refractivity contribution in [3.05, 3.63) is 53.3 Å². The number of nitrogens with zero attached hydrogens (tertiary/aromatic N) is 2. The summed E-state index contributed by atoms with van der Waals surface area (Å²) < 4.78 is 29.9. The van der Waals surface area contributed by atoms with Gasteiger partial charge in [-0.25, -0.2) is 4.39 Å². The maximum Gasteiger partial charge on any atom is 0.257 e. The number of carbonyl (C=O) groups is 1. The van der Waals surface area contributed by atoms with Gasteiger partial charge in [-0.2, -0.15) is 0 Å². The SMILES string of the molecule is COc1ccc(C(=O)N2CCN(Cc3ccccc3F)CC2)c(OC)c1OC. The molecule has 3 rings (SSSR count). The fourth-order valence-corrected chi connectivity index (χ4v) is 3.42. The van der Waals surface area contributed by atoms with E-state index in [1.807, 2.05) is 6.07 Å². The zero-order valence-corrected chi connectivity index (χ0v) is 16.4. The largest absolute Gasteiger partial charge is 0.493 e. The van der Waals surface area contributed by atoms with E-state index in [0.717, 1.165) is 0 Å². The van der Waals surface area contributed by atoms with Crippen molar-refractivity contribution >= 4 is 5.91 Å². The minimum absolute atomic E-state index is 0.122. The van der Waals surface area contributed by atoms with Gasteiger partial charge >= 0.3 is 0 Å². The third kappa shape index (κ3) is 4.04. The van der Waals surface area contributed by atoms with Crippen LogP contribution in [0.15, 0.2) is 36.4 Å². The topological polar surface area (TPSA) is 51.2 Å². The summed E-state index contributed by atoms with van der Waals surface area (Å²) in [5.74, 6) is 0.944. The van der Waals surface area contributed by atoms with E-state index in [1.54, 1.807) is 29.2 Å². The fraction of sp³-hybridized carbons (Fsp3) is 0.381. The van der Waals surface area contributed by atoms with Crippen LogP contribution in [0.1, 0.15) is 15.9 Å². The molecule has 0 atom stereocenters. The van der Waals surface area contributed by atoms with E-state index in [2.05, 4.69) is 4.90 Å². The van der Waals surface area contributed by atoms with Gasteiger partial charge in [0.1, 0.15) is 5.82 Å². The van der Waals surface area contributed by atoms with Crippen LogP contribution in [-0.4, -0.2) is 63.2 Å². The number of carbonyl (C=O) groups excluding carboxylic acids is 1. The molecule has 0 aromatic heterocycles. The molecule has 0 N–H and O–H groups in total. The number of hydrogen-bond acceptors (Lipinski definition) is 5. The third-order valence-corrected chi connectivity index (χ3v) is 4.95. The van der Waals surface area contributed by atoms with Crippen LogP contribution >= 0.6 is 0 Å². The van der Waals surface area contributed by atoms with Crippen molar-refractivity contribution in [2.75, 3.05) is 47.5 Å². The highest BCUT2D eigenvalue weighted by molar-refractivity contribution is 5.98. The maximum atomic E-state index is 13.9. The lowest BCUT2D eigenvalue weighted by atomic mass is 10.1. The molecule has 0 unspecified atom stereocenters. The zero-order chi connectivity index (χ0) is 20.1. The van der Waals surface area contributed by atoms with Crippen molar-refractivity contribution in [1.29, 1.82) is 0 Å². The summed E-state index contributed by atoms with van der Waals surface area (Å²) in [6, 6.07) is 10.2. The lowest BCUT2D eigenvalue weighted by molar-refractivity contribution is 0.0623. The molecule has 1 heterocycles. The number of halogens is 1. The summed E-state index contributed by atoms with van der Waals surface area (Å²) in [7, 11) is 4.55. The molecule has 0 radical (unpaired) electrons. The highest BCUT2D eigenvalue weighted by Gasteiger charge is 2.27. The average molecular weight is 388 g/mol. The van der Waals surface area contributed by atoms with Gasteiger partial charge in [0, 0.05) is 38.3 Å². The Morgan fingerprint density at radius 2 is 1.61 bits per heavy atom. The summed E-state index contributed by atoms with van der Waals surface area (Å²) >= 11 is 0. The summed E-state index contributed by atoms with van der Waals surface area (Å²) in [6.45, 7) is 3.01. The van der Waals surface area contributed by atoms with Gasteiger partial charge in [0.25, 0.3) is 5.91 Å². The molecule has 1 aliphatic heterocycles. The third-order valence-electron chi connectivity index (χ3n) is 4.95. The molecule has 7 heteroatoms. The average Bonchev–Trinajstić information content (AvgIpc) is 2.74. The number of benzene rings is 2. The number of methoxy groups -OCH3 is 3. The second-order valence-corrected chi connectivity index (χ2v) is 6.54. The van der Waals surface area contributed by atoms with E-state index < -0.39 is 0 Å². The smallest absolute Gasteiger partial charge is 0.257 e. The molecule has 6 nitrogen and oxygen atoms in total. The Morgan fingerprint density at radius 1 is 0.929 bits per heavy atom. The normalized spacial score (nSPS) is 14.6. The van der Waals surface area contributed by atoms with Crippen LogP contribution in [0.25, 0.3) is 0 Å². The highest BCUT2D eigenvalue weighted by Crippen LogP contribution is 2.40. The van der Waals surface area contributed by atoms with Gasteiger partial charge in [0.05, 0.1) is 26.9 Å². The van der Waals surface area contributed by atoms with E-state index in [-0.39, 0.29) is 11.7 Å². The number of ether oxygens (including phenoxy) is 3. The van der Waals surface area contributed by atoms with Crippen LogP contribution in [0.3, 0.4) is 0 Å². The van der Waals surface area contributed by atoms with Crippen LogP contribution in [0.5, 0.6) is 17.2 Å². The molecule has 1 aliphatic rings. The Balaban J connectivity index is 1.69. The Hall–Kier alpha value is -2.80. The Labute approximate surface area is 164 Å². The molecule has 0 aliphatic carbocycles. The van der Waals surface area contributed by atoms with E-state index in [1.165, 1.54) is 27.4 Å². The van der Waals surface area contributed by atoms with Crippen LogP contribution in [0.4, 0.5) is 4.39 Å². The first-order valence-electron chi connectivity index (χ1n) is 9.13. The fourth-order valence-electron chi connectivity index (χ4n) is 3.42. The minimum atomic E-state index is -0.198. The molecule has 1 saturated heterocycles. The van der Waals surface area contributed by atoms with Crippen LogP contribution in [-0.2, 0) is 6.54 Å². The first-order chi connectivity index (χ1) is 13.6. The molecule has 2 aromatic rings. The predicted octanol–water partition coefficient (Wildman–Crippen LogP) is 2.81. The lowest BCUT2D eigenvalue weighted by Gasteiger charge is -2.35. The molecular formula is C21H25FN2O4. The summed E-state index contributed by atoms with van der Waals surface area (Å²) in [4.78, 5) is 17.0. The Morgan fingerprint density at radius 3 is 2.21 bits per heavy atom. The molecule has 0 spiro atoms. The molecule has 0 saturated carbocycles. The molecule has 2 aromatic carbocycles. The second-order valence-electron chi connectivity index (χ2n) is 6.54. The van der Waals surface area contributed by atoms with Gasteiger partial charge in [-0.05, 0) is 18.2 Å². The molecule has 150 valence electrons. The molecule has 0 bridgehead atoms. The van der Waals surface area contributed by atoms with Crippen molar-refractivity contribution in [2.45, 2.75) is 6.54 Å². The predicted molar refractivity (Wildman–Crippen MR) is 104 cm³/mol. The number of hydrogen-bond donors (Lipinski definition) is 0. The molecule has 1 amide bonds. The Bertz CT molecular complexity index is 835. The van der Waals surface area contributed by atoms with Gasteiger partial charge in [-0.15, -0.1) is 0 Å². The quantitative estimate of drug-likeness (QED) is 0.762. The van der Waals surface area contributed by atoms with Gasteiger partial charge in [0.2, 0.25) is 5.75 Å². The summed E-state index contributed by atoms with van der Waals surface area (Å²) in [6.07, 6.45) is 0. The van der Waals surface area contributed by atoms with Crippen LogP contribution in [0.2, 0.25) is 0 Å². The van der Waals surface area contributed by atoms with E-state index >= 15 is 0 Å². The molecular weight excluding hydrogens is 363 g/mol. The number of rotatable bonds is 6. The van der Waals surface area contributed by atoms with E-state index in [4.69, 9.17) is 14.2 Å². The van der Waals surface area contributed by atoms with Gasteiger partial charge in [0.15, 0.2) is 11.5 Å². The zero-order valence-electron chi connectivity index (χ0n) is 16.4. The van der Waals surface area contributed by atoms with E-state index in [9.17, 15) is 9.18 Å². The number of amides is 1. The second kappa shape index (κ2) is 8.93. The van der Waals surface area contributed by atoms with E-state index in [0.29, 0.717) is 61.1 Å². The summed E-state index contributed by atoms with van der Waals surface area (Å²) in [5, 5.41) is 0. The van der Waals surface area contributed by atoms with Crippen molar-refractivity contribution in [2.24, 2.45) is 0 Å². The maximum absolute atomic E-state index is 13.9. The van der Waals surface area contributed by atoms with Gasteiger partial charge in [-0.3, -0.25) is 9.69 Å². The first kappa shape index (κ1) is 19.9. The first-order valence-corrected chi connectivity index (χ1v) is 9.13. The summed E-state index contributed by atoms with van der Waals surface area (Å²) in [5.41, 5.74) is 1.10. The monoisotopic (exact) mass is 388 g/mol. The van der Waals surface area contributed by atoms with Crippen molar-refractivity contribution in [3.8, 4) is 17.2 Å². The highest BCUT2D eigenvalue weighted by atomic mass is 19.1. The van der Waals surface area contributed by atoms with Crippen LogP contribution in [0, 0.1) is 5.82 Å². The molecule has 28 heavy (non-hydrogen) atoms. The van der Waals surface area contributed by atoms with Gasteiger partial charge in [-0.1, -0.05) is 18.2 Å². The lowest BCUT2D eigenvalue weighted by Crippen LogP contribution is -2.48. The van der Waals surface area contributed by atoms with Crippen LogP contribution < -0.4 is 14.2 Å². The standard InChI is InChI=1S/C21H25FN2O4/c1-26-18-9-8-16(19(27-2)20(18)28-3)21(25)24-12-10-23(11-13-24)14-15-6-4-5-7-17(15)22/h4-9H,10-14H2,1-3H3. The van der Waals surface area contributed by atoms with Crippen molar-refractivity contribution < 1.29 is 23.4 Å². The molecule has 1 fully saturated rings. The Kier molecular flexibility index (Phi) is 6.36. The number of piperazine rings is 1. The van der Waals surface area contributed by atoms with Crippen molar-refractivity contribution in [3.63, 3.8) is 0 Å². The minimum Gasteiger partial charge on any atom is -0.493 e. The van der Waals surface area contributed by atoms with Crippen molar-refractivity contribution in [1.82, 2.24) is 9.80 Å². The van der Waals surface area contributed by atoms with Gasteiger partial charge < -0.3 is 19.1 Å².